The molecule has 2 aliphatic rings. The Labute approximate surface area is 214 Å². The Kier molecular flexibility index (Phi) is 9.47. The number of carbonyl (C=O) groups excluding carboxylic acids is 3. The largest absolute Gasteiger partial charge is 0.492 e. The molecule has 0 radical (unpaired) electrons. The van der Waals surface area contributed by atoms with Gasteiger partial charge in [-0.2, -0.15) is 13.2 Å². The van der Waals surface area contributed by atoms with E-state index in [9.17, 15) is 27.6 Å². The molecule has 1 saturated heterocycles. The average Bonchev–Trinajstić information content (AvgIpc) is 3.57. The number of amides is 2. The zero-order valence-electron chi connectivity index (χ0n) is 19.1. The van der Waals surface area contributed by atoms with Gasteiger partial charge in [0.1, 0.15) is 5.75 Å². The van der Waals surface area contributed by atoms with Crippen LogP contribution in [0.15, 0.2) is 28.4 Å². The summed E-state index contributed by atoms with van der Waals surface area (Å²) in [5.41, 5.74) is -2.48. The molecule has 1 fully saturated rings. The Morgan fingerprint density at radius 3 is 2.11 bits per heavy atom. The maximum Gasteiger partial charge on any atom is 0.442 e. The quantitative estimate of drug-likeness (QED) is 0.147. The van der Waals surface area contributed by atoms with Crippen molar-refractivity contribution in [3.05, 3.63) is 27.3 Å². The molecule has 3 rings (SSSR count). The van der Waals surface area contributed by atoms with Crippen molar-refractivity contribution in [3.63, 3.8) is 0 Å². The third-order valence-electron chi connectivity index (χ3n) is 5.76. The first kappa shape index (κ1) is 27.3. The highest BCUT2D eigenvalue weighted by Gasteiger charge is 2.65. The summed E-state index contributed by atoms with van der Waals surface area (Å²) in [6.45, 7) is 0.414. The van der Waals surface area contributed by atoms with Crippen LogP contribution in [0.3, 0.4) is 0 Å². The number of hydrogen-bond acceptors (Lipinski definition) is 7. The van der Waals surface area contributed by atoms with Crippen molar-refractivity contribution in [1.82, 2.24) is 5.06 Å². The minimum absolute atomic E-state index is 0.0355. The highest BCUT2D eigenvalue weighted by Crippen LogP contribution is 2.53. The second-order valence-corrected chi connectivity index (χ2v) is 9.65. The van der Waals surface area contributed by atoms with Crippen LogP contribution >= 0.6 is 22.6 Å². The van der Waals surface area contributed by atoms with Crippen molar-refractivity contribution in [2.75, 3.05) is 6.61 Å². The zero-order valence-corrected chi connectivity index (χ0v) is 21.3. The standard InChI is InChI=1S/C23H27F3IN3O5/c24-23(25,26)22(28-29-22)16-10-11-17(27)18(15-16)34-14-8-6-4-2-1-3-5-7-9-21(33)35-30-19(31)12-13-20(30)32/h10-11,15H,1-9,12-14H2. The number of hydrogen-bond donors (Lipinski definition) is 0. The highest BCUT2D eigenvalue weighted by molar-refractivity contribution is 14.1. The molecule has 8 nitrogen and oxygen atoms in total. The van der Waals surface area contributed by atoms with Gasteiger partial charge in [-0.1, -0.05) is 44.6 Å². The fraction of sp³-hybridized carbons (Fsp3) is 0.609. The van der Waals surface area contributed by atoms with Crippen LogP contribution in [0.25, 0.3) is 0 Å². The fourth-order valence-electron chi connectivity index (χ4n) is 3.69. The van der Waals surface area contributed by atoms with Crippen LogP contribution < -0.4 is 4.74 Å². The molecule has 0 unspecified atom stereocenters. The maximum absolute atomic E-state index is 13.2. The molecule has 0 N–H and O–H groups in total. The van der Waals surface area contributed by atoms with Gasteiger partial charge in [0, 0.05) is 24.8 Å². The van der Waals surface area contributed by atoms with E-state index in [1.165, 1.54) is 12.1 Å². The van der Waals surface area contributed by atoms with E-state index in [0.717, 1.165) is 48.5 Å². The monoisotopic (exact) mass is 609 g/mol. The number of carbonyl (C=O) groups is 3. The van der Waals surface area contributed by atoms with Crippen LogP contribution in [0.4, 0.5) is 13.2 Å². The Hall–Kier alpha value is -2.25. The van der Waals surface area contributed by atoms with Gasteiger partial charge in [-0.05, 0) is 47.6 Å². The third-order valence-corrected chi connectivity index (χ3v) is 6.65. The molecule has 12 heteroatoms. The van der Waals surface area contributed by atoms with E-state index in [1.54, 1.807) is 6.07 Å². The Bertz CT molecular complexity index is 948. The number of rotatable bonds is 14. The third kappa shape index (κ3) is 7.37. The lowest BCUT2D eigenvalue weighted by Crippen LogP contribution is -2.31. The Morgan fingerprint density at radius 2 is 1.54 bits per heavy atom. The van der Waals surface area contributed by atoms with E-state index in [1.807, 2.05) is 22.6 Å². The number of nitrogens with zero attached hydrogens (tertiary/aromatic N) is 3. The molecular weight excluding hydrogens is 582 g/mol. The summed E-state index contributed by atoms with van der Waals surface area (Å²) < 4.78 is 46.0. The van der Waals surface area contributed by atoms with Crippen LogP contribution in [-0.2, 0) is 24.9 Å². The SMILES string of the molecule is O=C(CCCCCCCCCCOc1cc(C2(C(F)(F)F)N=N2)ccc1I)ON1C(=O)CCC1=O. The van der Waals surface area contributed by atoms with Crippen molar-refractivity contribution in [1.29, 1.82) is 0 Å². The van der Waals surface area contributed by atoms with Crippen LogP contribution in [0.5, 0.6) is 5.75 Å². The normalized spacial score (nSPS) is 16.6. The van der Waals surface area contributed by atoms with Gasteiger partial charge >= 0.3 is 17.8 Å². The van der Waals surface area contributed by atoms with Gasteiger partial charge in [0.25, 0.3) is 11.8 Å². The van der Waals surface area contributed by atoms with Gasteiger partial charge in [-0.3, -0.25) is 9.59 Å². The van der Waals surface area contributed by atoms with E-state index < -0.39 is 29.6 Å². The van der Waals surface area contributed by atoms with Crippen LogP contribution in [0.2, 0.25) is 0 Å². The van der Waals surface area contributed by atoms with Gasteiger partial charge in [-0.25, -0.2) is 4.79 Å². The molecule has 2 amide bonds. The molecule has 0 atom stereocenters. The zero-order chi connectivity index (χ0) is 25.5. The molecule has 0 spiro atoms. The molecule has 35 heavy (non-hydrogen) atoms. The van der Waals surface area contributed by atoms with Crippen molar-refractivity contribution in [3.8, 4) is 5.75 Å². The minimum atomic E-state index is -4.56. The molecule has 2 heterocycles. The van der Waals surface area contributed by atoms with Crippen molar-refractivity contribution < 1.29 is 37.1 Å². The van der Waals surface area contributed by atoms with Crippen LogP contribution in [0.1, 0.15) is 76.2 Å². The van der Waals surface area contributed by atoms with Gasteiger partial charge in [0.05, 0.1) is 10.2 Å². The van der Waals surface area contributed by atoms with Gasteiger partial charge in [-0.15, -0.1) is 15.3 Å². The molecule has 1 aromatic rings. The first-order valence-electron chi connectivity index (χ1n) is 11.6. The number of alkyl halides is 3. The van der Waals surface area contributed by atoms with Crippen LogP contribution in [-0.4, -0.2) is 35.6 Å². The number of benzene rings is 1. The van der Waals surface area contributed by atoms with Gasteiger partial charge in [0.15, 0.2) is 0 Å². The summed E-state index contributed by atoms with van der Waals surface area (Å²) in [4.78, 5) is 39.4. The summed E-state index contributed by atoms with van der Waals surface area (Å²) in [6, 6.07) is 4.32. The molecule has 0 aromatic heterocycles. The maximum atomic E-state index is 13.2. The number of halogens is 4. The molecule has 2 aliphatic heterocycles. The second kappa shape index (κ2) is 12.1. The Balaban J connectivity index is 1.21. The second-order valence-electron chi connectivity index (χ2n) is 8.49. The molecule has 192 valence electrons. The van der Waals surface area contributed by atoms with E-state index >= 15 is 0 Å². The lowest BCUT2D eigenvalue weighted by atomic mass is 10.0. The summed E-state index contributed by atoms with van der Waals surface area (Å²) in [6.07, 6.45) is 3.03. The van der Waals surface area contributed by atoms with E-state index in [-0.39, 0.29) is 24.8 Å². The predicted octanol–water partition coefficient (Wildman–Crippen LogP) is 5.97. The summed E-state index contributed by atoms with van der Waals surface area (Å²) in [5.74, 6) is -1.11. The van der Waals surface area contributed by atoms with Gasteiger partial charge < -0.3 is 9.57 Å². The summed E-state index contributed by atoms with van der Waals surface area (Å²) in [7, 11) is 0. The average molecular weight is 609 g/mol. The molecule has 0 saturated carbocycles. The number of ether oxygens (including phenoxy) is 1. The highest BCUT2D eigenvalue weighted by atomic mass is 127. The molecule has 0 bridgehead atoms. The van der Waals surface area contributed by atoms with Crippen molar-refractivity contribution >= 4 is 40.4 Å². The van der Waals surface area contributed by atoms with Crippen molar-refractivity contribution in [2.24, 2.45) is 10.2 Å². The van der Waals surface area contributed by atoms with Gasteiger partial charge in [0.2, 0.25) is 0 Å². The number of hydroxylamine groups is 2. The number of imide groups is 1. The Morgan fingerprint density at radius 1 is 0.971 bits per heavy atom. The summed E-state index contributed by atoms with van der Waals surface area (Å²) >= 11 is 2.03. The van der Waals surface area contributed by atoms with Crippen LogP contribution in [0, 0.1) is 3.57 Å². The van der Waals surface area contributed by atoms with E-state index in [2.05, 4.69) is 10.2 Å². The number of unbranched alkanes of at least 4 members (excludes halogenated alkanes) is 7. The lowest BCUT2D eigenvalue weighted by Gasteiger charge is -2.16. The smallest absolute Gasteiger partial charge is 0.442 e. The van der Waals surface area contributed by atoms with Crippen molar-refractivity contribution in [2.45, 2.75) is 82.5 Å². The lowest BCUT2D eigenvalue weighted by molar-refractivity contribution is -0.197. The summed E-state index contributed by atoms with van der Waals surface area (Å²) in [5, 5.41) is 7.03. The first-order valence-corrected chi connectivity index (χ1v) is 12.7. The molecular formula is C23H27F3IN3O5. The first-order chi connectivity index (χ1) is 16.6. The molecule has 0 aliphatic carbocycles. The minimum Gasteiger partial charge on any atom is -0.492 e. The topological polar surface area (TPSA) is 97.6 Å². The molecule has 1 aromatic carbocycles. The van der Waals surface area contributed by atoms with E-state index in [0.29, 0.717) is 23.8 Å². The van der Waals surface area contributed by atoms with E-state index in [4.69, 9.17) is 9.57 Å². The fourth-order valence-corrected chi connectivity index (χ4v) is 4.18. The predicted molar refractivity (Wildman–Crippen MR) is 126 cm³/mol.